The summed E-state index contributed by atoms with van der Waals surface area (Å²) in [5.41, 5.74) is 8.41. The molecule has 0 aliphatic carbocycles. The molecule has 10 heteroatoms. The number of nitrogens with one attached hydrogen (secondary N) is 1. The Labute approximate surface area is 252 Å². The molecule has 1 aliphatic heterocycles. The molecule has 0 amide bonds. The molecule has 0 radical (unpaired) electrons. The van der Waals surface area contributed by atoms with Crippen LogP contribution in [0, 0.1) is 13.8 Å². The minimum atomic E-state index is -3.66. The maximum absolute atomic E-state index is 14.1. The van der Waals surface area contributed by atoms with Crippen molar-refractivity contribution in [2.24, 2.45) is 0 Å². The second-order valence-corrected chi connectivity index (χ2v) is 13.6. The summed E-state index contributed by atoms with van der Waals surface area (Å²) in [6.07, 6.45) is 0.118. The number of carbonyl (C=O) groups is 1. The van der Waals surface area contributed by atoms with Crippen LogP contribution in [-0.4, -0.2) is 36.4 Å². The highest BCUT2D eigenvalue weighted by molar-refractivity contribution is 7.67. The molecule has 0 saturated carbocycles. The molecule has 230 valence electrons. The molecular weight excluding hydrogens is 569 g/mol. The summed E-state index contributed by atoms with van der Waals surface area (Å²) < 4.78 is 41.9. The number of hydrogen-bond acceptors (Lipinski definition) is 8. The normalized spacial score (nSPS) is 15.0. The Morgan fingerprint density at radius 3 is 2.47 bits per heavy atom. The first-order valence-corrected chi connectivity index (χ1v) is 16.2. The van der Waals surface area contributed by atoms with Crippen molar-refractivity contribution in [2.75, 3.05) is 13.1 Å². The van der Waals surface area contributed by atoms with E-state index in [0.717, 1.165) is 27.8 Å². The number of rotatable bonds is 12. The van der Waals surface area contributed by atoms with Gasteiger partial charge in [-0.05, 0) is 110 Å². The molecule has 3 aromatic rings. The molecule has 0 saturated heterocycles. The first-order valence-electron chi connectivity index (χ1n) is 14.4. The van der Waals surface area contributed by atoms with E-state index in [1.54, 1.807) is 45.0 Å². The van der Waals surface area contributed by atoms with Crippen LogP contribution in [0.15, 0.2) is 53.0 Å². The molecule has 3 aromatic carbocycles. The number of phenolic OH excluding ortho intramolecular Hbond substituents is 1. The zero-order valence-electron chi connectivity index (χ0n) is 25.8. The highest BCUT2D eigenvalue weighted by Gasteiger charge is 2.27. The average Bonchev–Trinajstić information content (AvgIpc) is 3.41. The lowest BCUT2D eigenvalue weighted by Crippen LogP contribution is -2.36. The highest BCUT2D eigenvalue weighted by Crippen LogP contribution is 2.48. The molecule has 0 spiro atoms. The Morgan fingerprint density at radius 2 is 1.79 bits per heavy atom. The first-order chi connectivity index (χ1) is 20.3. The standard InChI is InChI=1S/C33H40NO8P/c1-20(2)28-14-25(8-10-30(28)35)15-29-22(5)12-27(13-23(29)6)40-19-43(37,42-34-24(7)33(36)41-21(3)4)17-26-9-11-31-32(16-26)39-18-38-31/h8-14,16-17,20-21,24,34H,15,18-19H2,1-7H3/p+1/b26-17-/t24-,43?/m1/s1. The van der Waals surface area contributed by atoms with Gasteiger partial charge in [0.2, 0.25) is 5.75 Å². The van der Waals surface area contributed by atoms with E-state index in [-0.39, 0.29) is 25.2 Å². The molecule has 2 atom stereocenters. The molecule has 2 N–H and O–H groups in total. The van der Waals surface area contributed by atoms with E-state index < -0.39 is 19.4 Å². The van der Waals surface area contributed by atoms with Gasteiger partial charge in [0, 0.05) is 11.9 Å². The van der Waals surface area contributed by atoms with Crippen molar-refractivity contribution >= 4 is 19.2 Å². The van der Waals surface area contributed by atoms with Crippen LogP contribution < -0.4 is 25.6 Å². The largest absolute Gasteiger partial charge is 0.508 e. The fraction of sp³-hybridized carbons (Fsp3) is 0.394. The number of hydroxylamine groups is 1. The van der Waals surface area contributed by atoms with Crippen molar-refractivity contribution in [1.29, 1.82) is 0 Å². The lowest BCUT2D eigenvalue weighted by atomic mass is 9.93. The maximum atomic E-state index is 14.1. The summed E-state index contributed by atoms with van der Waals surface area (Å²) in [5.74, 6) is 2.56. The SMILES string of the molecule is Cc1cc(OCP(=O)(/C=c2/ccc3c(c2)OC[O+]=3)ON[C@H](C)C(=O)OC(C)C)cc(C)c1Cc1ccc(O)c(C(C)C)c1. The molecule has 1 unspecified atom stereocenters. The van der Waals surface area contributed by atoms with Crippen molar-refractivity contribution in [3.63, 3.8) is 0 Å². The van der Waals surface area contributed by atoms with E-state index in [0.29, 0.717) is 34.3 Å². The Hall–Kier alpha value is -3.65. The van der Waals surface area contributed by atoms with Crippen molar-refractivity contribution in [2.45, 2.75) is 73.0 Å². The van der Waals surface area contributed by atoms with Gasteiger partial charge in [0.1, 0.15) is 17.5 Å². The van der Waals surface area contributed by atoms with Crippen molar-refractivity contribution in [1.82, 2.24) is 5.48 Å². The quantitative estimate of drug-likeness (QED) is 0.118. The van der Waals surface area contributed by atoms with Crippen molar-refractivity contribution in [3.8, 4) is 17.2 Å². The van der Waals surface area contributed by atoms with Crippen LogP contribution in [0.4, 0.5) is 0 Å². The zero-order valence-corrected chi connectivity index (χ0v) is 26.7. The van der Waals surface area contributed by atoms with Gasteiger partial charge in [-0.25, -0.2) is 9.05 Å². The molecule has 0 bridgehead atoms. The Kier molecular flexibility index (Phi) is 10.3. The third-order valence-electron chi connectivity index (χ3n) is 7.01. The Morgan fingerprint density at radius 1 is 1.07 bits per heavy atom. The zero-order chi connectivity index (χ0) is 31.3. The van der Waals surface area contributed by atoms with Crippen molar-refractivity contribution < 1.29 is 33.3 Å². The summed E-state index contributed by atoms with van der Waals surface area (Å²) in [6.45, 7) is 13.3. The van der Waals surface area contributed by atoms with Gasteiger partial charge in [0.15, 0.2) is 6.35 Å². The van der Waals surface area contributed by atoms with E-state index in [2.05, 4.69) is 19.3 Å². The predicted octanol–water partition coefficient (Wildman–Crippen LogP) is 5.60. The molecule has 1 aliphatic rings. The second kappa shape index (κ2) is 13.8. The third-order valence-corrected chi connectivity index (χ3v) is 8.60. The van der Waals surface area contributed by atoms with E-state index >= 15 is 0 Å². The Balaban J connectivity index is 1.55. The molecular formula is C33H41NO8P+. The van der Waals surface area contributed by atoms with E-state index in [1.165, 1.54) is 5.82 Å². The summed E-state index contributed by atoms with van der Waals surface area (Å²) in [6, 6.07) is 13.9. The summed E-state index contributed by atoms with van der Waals surface area (Å²) in [7, 11) is -3.66. The number of ether oxygens (including phenoxy) is 3. The van der Waals surface area contributed by atoms with Crippen LogP contribution in [0.2, 0.25) is 0 Å². The van der Waals surface area contributed by atoms with E-state index in [4.69, 9.17) is 23.3 Å². The van der Waals surface area contributed by atoms with Gasteiger partial charge in [0.05, 0.1) is 6.10 Å². The number of hydrogen-bond donors (Lipinski definition) is 2. The minimum Gasteiger partial charge on any atom is -0.508 e. The van der Waals surface area contributed by atoms with Gasteiger partial charge in [0.25, 0.3) is 7.37 Å². The van der Waals surface area contributed by atoms with E-state index in [1.807, 2.05) is 38.1 Å². The van der Waals surface area contributed by atoms with Gasteiger partial charge < -0.3 is 19.3 Å². The van der Waals surface area contributed by atoms with Crippen LogP contribution in [-0.2, 0) is 25.1 Å². The summed E-state index contributed by atoms with van der Waals surface area (Å²) >= 11 is 0. The summed E-state index contributed by atoms with van der Waals surface area (Å²) in [5, 5.41) is 10.8. The van der Waals surface area contributed by atoms with Gasteiger partial charge in [-0.1, -0.05) is 26.0 Å². The second-order valence-electron chi connectivity index (χ2n) is 11.4. The number of phenols is 1. The topological polar surface area (TPSA) is 115 Å². The molecule has 0 fully saturated rings. The highest BCUT2D eigenvalue weighted by atomic mass is 31.2. The Bertz CT molecular complexity index is 1630. The minimum absolute atomic E-state index is 0.118. The van der Waals surface area contributed by atoms with E-state index in [9.17, 15) is 14.5 Å². The summed E-state index contributed by atoms with van der Waals surface area (Å²) in [4.78, 5) is 12.3. The van der Waals surface area contributed by atoms with Crippen molar-refractivity contribution in [3.05, 3.63) is 91.4 Å². The van der Waals surface area contributed by atoms with Crippen LogP contribution in [0.1, 0.15) is 68.4 Å². The average molecular weight is 611 g/mol. The van der Waals surface area contributed by atoms with Gasteiger partial charge in [-0.3, -0.25) is 9.36 Å². The smallest absolute Gasteiger partial charge is 0.412 e. The monoisotopic (exact) mass is 610 g/mol. The molecule has 43 heavy (non-hydrogen) atoms. The fourth-order valence-corrected chi connectivity index (χ4v) is 6.18. The third kappa shape index (κ3) is 8.47. The van der Waals surface area contributed by atoms with Crippen LogP contribution in [0.25, 0.3) is 5.82 Å². The molecule has 0 aromatic heterocycles. The van der Waals surface area contributed by atoms with Crippen LogP contribution >= 0.6 is 7.37 Å². The van der Waals surface area contributed by atoms with Gasteiger partial charge >= 0.3 is 18.2 Å². The number of benzene rings is 3. The number of esters is 1. The first kappa shape index (κ1) is 32.3. The number of fused-ring (bicyclic) bond motifs is 1. The predicted molar refractivity (Wildman–Crippen MR) is 167 cm³/mol. The molecule has 4 rings (SSSR count). The number of aromatic hydroxyl groups is 1. The lowest BCUT2D eigenvalue weighted by molar-refractivity contribution is -0.151. The van der Waals surface area contributed by atoms with Gasteiger partial charge in [-0.15, -0.1) is 0 Å². The number of aryl methyl sites for hydroxylation is 2. The lowest BCUT2D eigenvalue weighted by Gasteiger charge is -2.20. The van der Waals surface area contributed by atoms with Gasteiger partial charge in [-0.2, -0.15) is 5.48 Å². The van der Waals surface area contributed by atoms with Crippen LogP contribution in [0.5, 0.6) is 17.2 Å². The van der Waals surface area contributed by atoms with Crippen LogP contribution in [0.3, 0.4) is 0 Å². The molecule has 9 nitrogen and oxygen atoms in total. The maximum Gasteiger partial charge on any atom is 0.412 e. The fourth-order valence-electron chi connectivity index (χ4n) is 4.72. The number of carbonyl (C=O) groups excluding carboxylic acids is 1. The molecule has 1 heterocycles.